The molecule has 1 atom stereocenters. The van der Waals surface area contributed by atoms with Crippen LogP contribution in [0, 0.1) is 11.8 Å². The maximum atomic E-state index is 9.42. The molecule has 0 bridgehead atoms. The van der Waals surface area contributed by atoms with Crippen molar-refractivity contribution in [3.8, 4) is 11.5 Å². The molecule has 1 aromatic carbocycles. The van der Waals surface area contributed by atoms with Crippen molar-refractivity contribution in [1.82, 2.24) is 0 Å². The standard InChI is InChI=1S/C18H30O4/c1-14(2)16(13-19)8-6-15-7-9-17(21-4)18(12-15)22-11-5-10-20-3/h7,9,12,14,16,19H,5-6,8,10-11,13H2,1-4H3/t16-/m0/s1. The molecule has 22 heavy (non-hydrogen) atoms. The fraction of sp³-hybridized carbons (Fsp3) is 0.667. The number of benzene rings is 1. The maximum Gasteiger partial charge on any atom is 0.161 e. The van der Waals surface area contributed by atoms with Crippen LogP contribution < -0.4 is 9.47 Å². The smallest absolute Gasteiger partial charge is 0.161 e. The zero-order valence-electron chi connectivity index (χ0n) is 14.3. The van der Waals surface area contributed by atoms with E-state index in [0.717, 1.165) is 30.8 Å². The van der Waals surface area contributed by atoms with Crippen molar-refractivity contribution in [3.63, 3.8) is 0 Å². The highest BCUT2D eigenvalue weighted by Crippen LogP contribution is 2.29. The molecule has 4 nitrogen and oxygen atoms in total. The fourth-order valence-corrected chi connectivity index (χ4v) is 2.36. The van der Waals surface area contributed by atoms with Crippen molar-refractivity contribution < 1.29 is 19.3 Å². The van der Waals surface area contributed by atoms with E-state index in [2.05, 4.69) is 19.9 Å². The molecule has 4 heteroatoms. The van der Waals surface area contributed by atoms with Gasteiger partial charge in [0.1, 0.15) is 0 Å². The Balaban J connectivity index is 2.64. The van der Waals surface area contributed by atoms with Gasteiger partial charge in [-0.05, 0) is 42.4 Å². The van der Waals surface area contributed by atoms with Crippen LogP contribution in [-0.4, -0.2) is 39.1 Å². The lowest BCUT2D eigenvalue weighted by Gasteiger charge is -2.18. The van der Waals surface area contributed by atoms with Crippen LogP contribution >= 0.6 is 0 Å². The fourth-order valence-electron chi connectivity index (χ4n) is 2.36. The Hall–Kier alpha value is -1.26. The number of hydrogen-bond acceptors (Lipinski definition) is 4. The van der Waals surface area contributed by atoms with Crippen molar-refractivity contribution in [2.45, 2.75) is 33.1 Å². The van der Waals surface area contributed by atoms with Crippen LogP contribution in [0.5, 0.6) is 11.5 Å². The van der Waals surface area contributed by atoms with Gasteiger partial charge in [-0.15, -0.1) is 0 Å². The molecule has 0 saturated heterocycles. The number of aryl methyl sites for hydroxylation is 1. The average molecular weight is 310 g/mol. The van der Waals surface area contributed by atoms with E-state index < -0.39 is 0 Å². The summed E-state index contributed by atoms with van der Waals surface area (Å²) in [6.07, 6.45) is 2.76. The number of rotatable bonds is 11. The van der Waals surface area contributed by atoms with Gasteiger partial charge in [0.15, 0.2) is 11.5 Å². The first-order valence-electron chi connectivity index (χ1n) is 8.01. The average Bonchev–Trinajstić information content (AvgIpc) is 2.52. The van der Waals surface area contributed by atoms with Crippen LogP contribution in [0.25, 0.3) is 0 Å². The second kappa shape index (κ2) is 10.5. The van der Waals surface area contributed by atoms with E-state index in [9.17, 15) is 5.11 Å². The number of ether oxygens (including phenoxy) is 3. The summed E-state index contributed by atoms with van der Waals surface area (Å²) in [7, 11) is 3.34. The first kappa shape index (κ1) is 18.8. The Labute approximate surface area is 134 Å². The van der Waals surface area contributed by atoms with E-state index in [1.165, 1.54) is 5.56 Å². The number of aliphatic hydroxyl groups is 1. The molecule has 0 amide bonds. The van der Waals surface area contributed by atoms with Gasteiger partial charge in [0.25, 0.3) is 0 Å². The number of hydrogen-bond donors (Lipinski definition) is 1. The Morgan fingerprint density at radius 1 is 1.09 bits per heavy atom. The third-order valence-corrected chi connectivity index (χ3v) is 3.96. The van der Waals surface area contributed by atoms with E-state index >= 15 is 0 Å². The van der Waals surface area contributed by atoms with Gasteiger partial charge in [0.05, 0.1) is 13.7 Å². The molecule has 0 spiro atoms. The molecule has 0 aromatic heterocycles. The summed E-state index contributed by atoms with van der Waals surface area (Å²) in [5.74, 6) is 2.37. The van der Waals surface area contributed by atoms with Crippen molar-refractivity contribution >= 4 is 0 Å². The minimum atomic E-state index is 0.244. The van der Waals surface area contributed by atoms with Crippen molar-refractivity contribution in [1.29, 1.82) is 0 Å². The molecule has 0 heterocycles. The minimum Gasteiger partial charge on any atom is -0.493 e. The van der Waals surface area contributed by atoms with E-state index in [0.29, 0.717) is 25.0 Å². The molecule has 126 valence electrons. The third-order valence-electron chi connectivity index (χ3n) is 3.96. The topological polar surface area (TPSA) is 47.9 Å². The zero-order valence-corrected chi connectivity index (χ0v) is 14.3. The second-order valence-electron chi connectivity index (χ2n) is 5.91. The monoisotopic (exact) mass is 310 g/mol. The van der Waals surface area contributed by atoms with Gasteiger partial charge in [-0.25, -0.2) is 0 Å². The van der Waals surface area contributed by atoms with Crippen LogP contribution in [0.1, 0.15) is 32.3 Å². The summed E-state index contributed by atoms with van der Waals surface area (Å²) >= 11 is 0. The first-order valence-corrected chi connectivity index (χ1v) is 8.01. The van der Waals surface area contributed by atoms with Gasteiger partial charge in [0, 0.05) is 26.7 Å². The normalized spacial score (nSPS) is 12.5. The van der Waals surface area contributed by atoms with E-state index in [1.807, 2.05) is 12.1 Å². The second-order valence-corrected chi connectivity index (χ2v) is 5.91. The largest absolute Gasteiger partial charge is 0.493 e. The Morgan fingerprint density at radius 2 is 1.86 bits per heavy atom. The summed E-state index contributed by atoms with van der Waals surface area (Å²) in [6, 6.07) is 6.06. The highest BCUT2D eigenvalue weighted by atomic mass is 16.5. The Morgan fingerprint density at radius 3 is 2.45 bits per heavy atom. The minimum absolute atomic E-state index is 0.244. The van der Waals surface area contributed by atoms with E-state index in [1.54, 1.807) is 14.2 Å². The van der Waals surface area contributed by atoms with Crippen LogP contribution in [0.4, 0.5) is 0 Å². The third kappa shape index (κ3) is 6.24. The molecule has 0 aliphatic carbocycles. The summed E-state index contributed by atoms with van der Waals surface area (Å²) in [6.45, 7) is 5.85. The summed E-state index contributed by atoms with van der Waals surface area (Å²) in [4.78, 5) is 0. The van der Waals surface area contributed by atoms with E-state index in [4.69, 9.17) is 14.2 Å². The van der Waals surface area contributed by atoms with Crippen LogP contribution in [0.15, 0.2) is 18.2 Å². The highest BCUT2D eigenvalue weighted by Gasteiger charge is 2.13. The maximum absolute atomic E-state index is 9.42. The van der Waals surface area contributed by atoms with Gasteiger partial charge >= 0.3 is 0 Å². The van der Waals surface area contributed by atoms with Gasteiger partial charge in [-0.2, -0.15) is 0 Å². The molecule has 1 aromatic rings. The van der Waals surface area contributed by atoms with Crippen LogP contribution in [0.2, 0.25) is 0 Å². The molecule has 1 rings (SSSR count). The Kier molecular flexibility index (Phi) is 8.94. The van der Waals surface area contributed by atoms with Crippen molar-refractivity contribution in [2.75, 3.05) is 34.0 Å². The van der Waals surface area contributed by atoms with E-state index in [-0.39, 0.29) is 6.61 Å². The van der Waals surface area contributed by atoms with Gasteiger partial charge in [0.2, 0.25) is 0 Å². The molecule has 0 saturated carbocycles. The predicted octanol–water partition coefficient (Wildman–Crippen LogP) is 3.31. The summed E-state index contributed by atoms with van der Waals surface area (Å²) < 4.78 is 16.2. The van der Waals surface area contributed by atoms with Crippen molar-refractivity contribution in [2.24, 2.45) is 11.8 Å². The van der Waals surface area contributed by atoms with Gasteiger partial charge in [-0.3, -0.25) is 0 Å². The van der Waals surface area contributed by atoms with Gasteiger partial charge in [-0.1, -0.05) is 19.9 Å². The molecular formula is C18H30O4. The quantitative estimate of drug-likeness (QED) is 0.637. The lowest BCUT2D eigenvalue weighted by atomic mass is 9.90. The van der Waals surface area contributed by atoms with Gasteiger partial charge < -0.3 is 19.3 Å². The molecular weight excluding hydrogens is 280 g/mol. The Bertz CT molecular complexity index is 418. The lowest BCUT2D eigenvalue weighted by molar-refractivity contribution is 0.170. The zero-order chi connectivity index (χ0) is 16.4. The molecule has 0 unspecified atom stereocenters. The van der Waals surface area contributed by atoms with Crippen molar-refractivity contribution in [3.05, 3.63) is 23.8 Å². The van der Waals surface area contributed by atoms with Crippen LogP contribution in [-0.2, 0) is 11.2 Å². The first-order chi connectivity index (χ1) is 10.6. The molecule has 0 aliphatic rings. The molecule has 0 fully saturated rings. The SMILES string of the molecule is COCCCOc1cc(CC[C@@H](CO)C(C)C)ccc1OC. The highest BCUT2D eigenvalue weighted by molar-refractivity contribution is 5.43. The molecule has 1 N–H and O–H groups in total. The summed E-state index contributed by atoms with van der Waals surface area (Å²) in [5.41, 5.74) is 1.21. The number of aliphatic hydroxyl groups excluding tert-OH is 1. The number of methoxy groups -OCH3 is 2. The predicted molar refractivity (Wildman–Crippen MR) is 88.7 cm³/mol. The molecule has 0 aliphatic heterocycles. The summed E-state index contributed by atoms with van der Waals surface area (Å²) in [5, 5.41) is 9.42. The lowest BCUT2D eigenvalue weighted by Crippen LogP contribution is -2.14. The van der Waals surface area contributed by atoms with Crippen LogP contribution in [0.3, 0.4) is 0 Å². The molecule has 0 radical (unpaired) electrons.